The summed E-state index contributed by atoms with van der Waals surface area (Å²) in [5.41, 5.74) is 1.95. The summed E-state index contributed by atoms with van der Waals surface area (Å²) < 4.78 is -0.873. The Hall–Kier alpha value is -1.30. The van der Waals surface area contributed by atoms with Gasteiger partial charge in [0.25, 0.3) is 0 Å². The molecule has 0 spiro atoms. The second-order valence-corrected chi connectivity index (χ2v) is 8.08. The number of rotatable bonds is 4. The fourth-order valence-electron chi connectivity index (χ4n) is 2.87. The number of aryl methyl sites for hydroxylation is 1. The Morgan fingerprint density at radius 3 is 2.29 bits per heavy atom. The maximum Gasteiger partial charge on any atom is 0.238 e. The molecule has 1 N–H and O–H groups in total. The molecule has 7 heteroatoms. The highest BCUT2D eigenvalue weighted by molar-refractivity contribution is 6.52. The van der Waals surface area contributed by atoms with Crippen LogP contribution in [0, 0.1) is 12.8 Å². The molecule has 2 fully saturated rings. The number of alkyl halides is 2. The van der Waals surface area contributed by atoms with Gasteiger partial charge in [-0.3, -0.25) is 14.5 Å². The smallest absolute Gasteiger partial charge is 0.238 e. The summed E-state index contributed by atoms with van der Waals surface area (Å²) in [6.07, 6.45) is 0.536. The Bertz CT molecular complexity index is 625. The predicted molar refractivity (Wildman–Crippen MR) is 95.4 cm³/mol. The maximum absolute atomic E-state index is 12.2. The third-order valence-corrected chi connectivity index (χ3v) is 5.35. The molecule has 3 rings (SSSR count). The van der Waals surface area contributed by atoms with Crippen molar-refractivity contribution in [2.24, 2.45) is 5.92 Å². The van der Waals surface area contributed by atoms with Crippen molar-refractivity contribution in [3.63, 3.8) is 0 Å². The lowest BCUT2D eigenvalue weighted by Crippen LogP contribution is -2.51. The van der Waals surface area contributed by atoms with Crippen molar-refractivity contribution in [1.29, 1.82) is 0 Å². The fraction of sp³-hybridized carbons (Fsp3) is 0.529. The highest BCUT2D eigenvalue weighted by atomic mass is 35.5. The monoisotopic (exact) mass is 369 g/mol. The van der Waals surface area contributed by atoms with Crippen LogP contribution in [-0.2, 0) is 9.59 Å². The van der Waals surface area contributed by atoms with Gasteiger partial charge in [0, 0.05) is 31.9 Å². The number of benzene rings is 1. The molecule has 24 heavy (non-hydrogen) atoms. The van der Waals surface area contributed by atoms with Crippen molar-refractivity contribution in [3.05, 3.63) is 29.8 Å². The molecule has 1 atom stereocenters. The summed E-state index contributed by atoms with van der Waals surface area (Å²) in [7, 11) is 0. The van der Waals surface area contributed by atoms with Gasteiger partial charge in [0.2, 0.25) is 11.8 Å². The van der Waals surface area contributed by atoms with Crippen LogP contribution in [0.1, 0.15) is 12.0 Å². The Labute approximate surface area is 151 Å². The minimum atomic E-state index is -0.873. The standard InChI is InChI=1S/C17H21Cl2N3O2/c1-12-2-4-13(5-3-12)20-15(23)11-21-6-8-22(9-7-21)16(24)14-10-17(14,18)19/h2-5,14H,6-11H2,1H3,(H,20,23)/t14-/m0/s1. The summed E-state index contributed by atoms with van der Waals surface area (Å²) in [5.74, 6) is -0.276. The highest BCUT2D eigenvalue weighted by Gasteiger charge is 2.57. The van der Waals surface area contributed by atoms with Crippen LogP contribution in [-0.4, -0.2) is 58.7 Å². The molecule has 130 valence electrons. The van der Waals surface area contributed by atoms with Gasteiger partial charge >= 0.3 is 0 Å². The molecule has 0 aromatic heterocycles. The molecule has 5 nitrogen and oxygen atoms in total. The number of hydrogen-bond donors (Lipinski definition) is 1. The predicted octanol–water partition coefficient (Wildman–Crippen LogP) is 2.27. The zero-order chi connectivity index (χ0) is 17.3. The lowest BCUT2D eigenvalue weighted by atomic mass is 10.2. The normalized spacial score (nSPS) is 23.0. The zero-order valence-electron chi connectivity index (χ0n) is 13.6. The van der Waals surface area contributed by atoms with E-state index in [0.717, 1.165) is 11.3 Å². The Kier molecular flexibility index (Phi) is 5.04. The fourth-order valence-corrected chi connectivity index (χ4v) is 3.36. The summed E-state index contributed by atoms with van der Waals surface area (Å²) >= 11 is 11.9. The molecule has 2 aliphatic rings. The van der Waals surface area contributed by atoms with Gasteiger partial charge < -0.3 is 10.2 Å². The first kappa shape index (κ1) is 17.5. The minimum absolute atomic E-state index is 0.0313. The molecule has 0 radical (unpaired) electrons. The first-order valence-electron chi connectivity index (χ1n) is 8.11. The van der Waals surface area contributed by atoms with E-state index >= 15 is 0 Å². The number of nitrogens with one attached hydrogen (secondary N) is 1. The molecule has 1 aromatic rings. The van der Waals surface area contributed by atoms with Gasteiger partial charge in [0.15, 0.2) is 0 Å². The molecule has 0 bridgehead atoms. The number of carbonyl (C=O) groups excluding carboxylic acids is 2. The average Bonchev–Trinajstić information content (AvgIpc) is 3.18. The average molecular weight is 370 g/mol. The van der Waals surface area contributed by atoms with E-state index in [0.29, 0.717) is 39.1 Å². The number of halogens is 2. The van der Waals surface area contributed by atoms with Gasteiger partial charge in [-0.2, -0.15) is 0 Å². The van der Waals surface area contributed by atoms with Gasteiger partial charge in [0.1, 0.15) is 4.33 Å². The van der Waals surface area contributed by atoms with Crippen LogP contribution in [0.25, 0.3) is 0 Å². The van der Waals surface area contributed by atoms with Crippen molar-refractivity contribution in [3.8, 4) is 0 Å². The van der Waals surface area contributed by atoms with Crippen molar-refractivity contribution >= 4 is 40.7 Å². The number of carbonyl (C=O) groups is 2. The van der Waals surface area contributed by atoms with Gasteiger partial charge in [-0.25, -0.2) is 0 Å². The van der Waals surface area contributed by atoms with Gasteiger partial charge in [0.05, 0.1) is 12.5 Å². The summed E-state index contributed by atoms with van der Waals surface area (Å²) in [4.78, 5) is 28.2. The second-order valence-electron chi connectivity index (χ2n) is 6.53. The van der Waals surface area contributed by atoms with Crippen LogP contribution < -0.4 is 5.32 Å². The Balaban J connectivity index is 1.43. The van der Waals surface area contributed by atoms with Crippen LogP contribution in [0.4, 0.5) is 5.69 Å². The van der Waals surface area contributed by atoms with Gasteiger partial charge in [-0.1, -0.05) is 17.7 Å². The molecular weight excluding hydrogens is 349 g/mol. The van der Waals surface area contributed by atoms with E-state index in [-0.39, 0.29) is 17.7 Å². The lowest BCUT2D eigenvalue weighted by molar-refractivity contribution is -0.134. The molecule has 1 aliphatic carbocycles. The van der Waals surface area contributed by atoms with Crippen LogP contribution >= 0.6 is 23.2 Å². The van der Waals surface area contributed by atoms with Gasteiger partial charge in [-0.05, 0) is 25.5 Å². The van der Waals surface area contributed by atoms with E-state index in [1.54, 1.807) is 4.90 Å². The maximum atomic E-state index is 12.2. The van der Waals surface area contributed by atoms with Crippen LogP contribution in [0.15, 0.2) is 24.3 Å². The van der Waals surface area contributed by atoms with Gasteiger partial charge in [-0.15, -0.1) is 23.2 Å². The Morgan fingerprint density at radius 2 is 1.75 bits per heavy atom. The quantitative estimate of drug-likeness (QED) is 0.828. The van der Waals surface area contributed by atoms with Crippen LogP contribution in [0.5, 0.6) is 0 Å². The van der Waals surface area contributed by atoms with Crippen molar-refractivity contribution in [2.45, 2.75) is 17.7 Å². The van der Waals surface area contributed by atoms with Crippen LogP contribution in [0.3, 0.4) is 0 Å². The SMILES string of the molecule is Cc1ccc(NC(=O)CN2CCN(C(=O)[C@@H]3CC3(Cl)Cl)CC2)cc1. The Morgan fingerprint density at radius 1 is 1.17 bits per heavy atom. The highest BCUT2D eigenvalue weighted by Crippen LogP contribution is 2.53. The number of nitrogens with zero attached hydrogens (tertiary/aromatic N) is 2. The first-order valence-corrected chi connectivity index (χ1v) is 8.86. The largest absolute Gasteiger partial charge is 0.340 e. The van der Waals surface area contributed by atoms with E-state index < -0.39 is 4.33 Å². The summed E-state index contributed by atoms with van der Waals surface area (Å²) in [5, 5.41) is 2.89. The number of anilines is 1. The summed E-state index contributed by atoms with van der Waals surface area (Å²) in [6.45, 7) is 4.91. The second kappa shape index (κ2) is 6.90. The topological polar surface area (TPSA) is 52.7 Å². The van der Waals surface area contributed by atoms with E-state index in [1.165, 1.54) is 0 Å². The summed E-state index contributed by atoms with van der Waals surface area (Å²) in [6, 6.07) is 7.71. The van der Waals surface area contributed by atoms with Crippen LogP contribution in [0.2, 0.25) is 0 Å². The minimum Gasteiger partial charge on any atom is -0.340 e. The molecule has 1 aromatic carbocycles. The molecular formula is C17H21Cl2N3O2. The van der Waals surface area contributed by atoms with E-state index in [4.69, 9.17) is 23.2 Å². The number of piperazine rings is 1. The molecule has 1 saturated heterocycles. The number of amides is 2. The van der Waals surface area contributed by atoms with E-state index in [2.05, 4.69) is 10.2 Å². The lowest BCUT2D eigenvalue weighted by Gasteiger charge is -2.34. The van der Waals surface area contributed by atoms with Crippen molar-refractivity contribution < 1.29 is 9.59 Å². The molecule has 1 saturated carbocycles. The molecule has 1 heterocycles. The van der Waals surface area contributed by atoms with E-state index in [9.17, 15) is 9.59 Å². The number of hydrogen-bond acceptors (Lipinski definition) is 3. The first-order chi connectivity index (χ1) is 11.3. The van der Waals surface area contributed by atoms with Crippen molar-refractivity contribution in [2.75, 3.05) is 38.0 Å². The zero-order valence-corrected chi connectivity index (χ0v) is 15.1. The molecule has 0 unspecified atom stereocenters. The molecule has 2 amide bonds. The van der Waals surface area contributed by atoms with E-state index in [1.807, 2.05) is 31.2 Å². The van der Waals surface area contributed by atoms with Crippen molar-refractivity contribution in [1.82, 2.24) is 9.80 Å². The third-order valence-electron chi connectivity index (χ3n) is 4.51. The third kappa shape index (κ3) is 4.21. The molecule has 1 aliphatic heterocycles.